The molecule has 1 N–H and O–H groups in total. The number of carbonyl (C=O) groups excluding carboxylic acids is 1. The minimum Gasteiger partial charge on any atom is -0.497 e. The molecule has 24 heavy (non-hydrogen) atoms. The molecule has 0 saturated heterocycles. The third kappa shape index (κ3) is 4.19. The van der Waals surface area contributed by atoms with Crippen molar-refractivity contribution in [1.82, 2.24) is 0 Å². The van der Waals surface area contributed by atoms with Crippen LogP contribution in [0, 0.1) is 13.8 Å². The number of hydrogen-bond donors (Lipinski definition) is 1. The van der Waals surface area contributed by atoms with Crippen LogP contribution in [0.3, 0.4) is 0 Å². The summed E-state index contributed by atoms with van der Waals surface area (Å²) >= 11 is 0. The van der Waals surface area contributed by atoms with Gasteiger partial charge in [-0.25, -0.2) is 0 Å². The lowest BCUT2D eigenvalue weighted by Crippen LogP contribution is -2.30. The van der Waals surface area contributed by atoms with E-state index >= 15 is 0 Å². The van der Waals surface area contributed by atoms with Crippen molar-refractivity contribution in [3.63, 3.8) is 0 Å². The van der Waals surface area contributed by atoms with Gasteiger partial charge in [0.25, 0.3) is 5.91 Å². The number of ether oxygens (including phenoxy) is 3. The molecule has 0 saturated carbocycles. The van der Waals surface area contributed by atoms with E-state index in [-0.39, 0.29) is 5.91 Å². The summed E-state index contributed by atoms with van der Waals surface area (Å²) in [5.74, 6) is 1.60. The second kappa shape index (κ2) is 7.73. The van der Waals surface area contributed by atoms with Gasteiger partial charge in [0.1, 0.15) is 17.2 Å². The van der Waals surface area contributed by atoms with Crippen LogP contribution in [0.2, 0.25) is 0 Å². The minimum atomic E-state index is -0.640. The van der Waals surface area contributed by atoms with Crippen LogP contribution in [0.15, 0.2) is 36.4 Å². The largest absolute Gasteiger partial charge is 0.497 e. The SMILES string of the molecule is COc1ccc(NC(=O)[C@H](C)Oc2ccc(C)c(C)c2)c(OC)c1. The second-order valence-electron chi connectivity index (χ2n) is 5.56. The standard InChI is InChI=1S/C19H23NO4/c1-12-6-7-16(10-13(12)2)24-14(3)19(21)20-17-9-8-15(22-4)11-18(17)23-5/h6-11,14H,1-5H3,(H,20,21)/t14-/m0/s1. The summed E-state index contributed by atoms with van der Waals surface area (Å²) in [6.45, 7) is 5.75. The second-order valence-corrected chi connectivity index (χ2v) is 5.56. The quantitative estimate of drug-likeness (QED) is 0.877. The fourth-order valence-electron chi connectivity index (χ4n) is 2.18. The maximum atomic E-state index is 12.4. The van der Waals surface area contributed by atoms with Crippen molar-refractivity contribution in [2.75, 3.05) is 19.5 Å². The highest BCUT2D eigenvalue weighted by molar-refractivity contribution is 5.95. The Bertz CT molecular complexity index is 727. The molecule has 0 heterocycles. The number of methoxy groups -OCH3 is 2. The molecule has 0 bridgehead atoms. The van der Waals surface area contributed by atoms with E-state index in [2.05, 4.69) is 5.32 Å². The van der Waals surface area contributed by atoms with E-state index < -0.39 is 6.10 Å². The van der Waals surface area contributed by atoms with Crippen molar-refractivity contribution >= 4 is 11.6 Å². The van der Waals surface area contributed by atoms with Gasteiger partial charge in [-0.1, -0.05) is 6.07 Å². The Morgan fingerprint density at radius 1 is 0.958 bits per heavy atom. The highest BCUT2D eigenvalue weighted by Crippen LogP contribution is 2.29. The minimum absolute atomic E-state index is 0.253. The van der Waals surface area contributed by atoms with Crippen LogP contribution in [-0.2, 0) is 4.79 Å². The first-order chi connectivity index (χ1) is 11.4. The highest BCUT2D eigenvalue weighted by atomic mass is 16.5. The zero-order chi connectivity index (χ0) is 17.7. The molecule has 0 spiro atoms. The van der Waals surface area contributed by atoms with E-state index in [0.29, 0.717) is 22.9 Å². The van der Waals surface area contributed by atoms with E-state index in [1.165, 1.54) is 5.56 Å². The molecule has 1 amide bonds. The maximum absolute atomic E-state index is 12.4. The van der Waals surface area contributed by atoms with Crippen LogP contribution in [0.4, 0.5) is 5.69 Å². The molecular weight excluding hydrogens is 306 g/mol. The molecule has 1 atom stereocenters. The summed E-state index contributed by atoms with van der Waals surface area (Å²) in [6, 6.07) is 11.0. The van der Waals surface area contributed by atoms with Crippen LogP contribution in [0.1, 0.15) is 18.1 Å². The average molecular weight is 329 g/mol. The van der Waals surface area contributed by atoms with Crippen molar-refractivity contribution in [2.45, 2.75) is 26.9 Å². The Kier molecular flexibility index (Phi) is 5.68. The van der Waals surface area contributed by atoms with Crippen LogP contribution in [-0.4, -0.2) is 26.2 Å². The molecule has 2 aromatic carbocycles. The number of nitrogens with one attached hydrogen (secondary N) is 1. The number of aryl methyl sites for hydroxylation is 2. The lowest BCUT2D eigenvalue weighted by Gasteiger charge is -2.17. The van der Waals surface area contributed by atoms with E-state index in [1.54, 1.807) is 39.3 Å². The molecular formula is C19H23NO4. The monoisotopic (exact) mass is 329 g/mol. The lowest BCUT2D eigenvalue weighted by atomic mass is 10.1. The zero-order valence-corrected chi connectivity index (χ0v) is 14.7. The van der Waals surface area contributed by atoms with Crippen LogP contribution in [0.25, 0.3) is 0 Å². The van der Waals surface area contributed by atoms with E-state index in [1.807, 2.05) is 32.0 Å². The predicted octanol–water partition coefficient (Wildman–Crippen LogP) is 3.73. The third-order valence-corrected chi connectivity index (χ3v) is 3.83. The van der Waals surface area contributed by atoms with E-state index in [9.17, 15) is 4.79 Å². The Balaban J connectivity index is 2.07. The number of anilines is 1. The molecule has 0 unspecified atom stereocenters. The van der Waals surface area contributed by atoms with E-state index in [0.717, 1.165) is 5.56 Å². The molecule has 0 radical (unpaired) electrons. The molecule has 0 aliphatic heterocycles. The fraction of sp³-hybridized carbons (Fsp3) is 0.316. The van der Waals surface area contributed by atoms with Gasteiger partial charge >= 0.3 is 0 Å². The highest BCUT2D eigenvalue weighted by Gasteiger charge is 2.17. The molecule has 0 aliphatic carbocycles. The Hall–Kier alpha value is -2.69. The third-order valence-electron chi connectivity index (χ3n) is 3.83. The summed E-state index contributed by atoms with van der Waals surface area (Å²) < 4.78 is 16.2. The van der Waals surface area contributed by atoms with Gasteiger partial charge in [0.2, 0.25) is 0 Å². The van der Waals surface area contributed by atoms with Crippen molar-refractivity contribution < 1.29 is 19.0 Å². The first-order valence-electron chi connectivity index (χ1n) is 7.71. The molecule has 2 aromatic rings. The first-order valence-corrected chi connectivity index (χ1v) is 7.71. The van der Waals surface area contributed by atoms with Gasteiger partial charge in [-0.3, -0.25) is 4.79 Å². The number of amides is 1. The Labute approximate surface area is 142 Å². The topological polar surface area (TPSA) is 56.8 Å². The smallest absolute Gasteiger partial charge is 0.265 e. The van der Waals surface area contributed by atoms with Crippen LogP contribution >= 0.6 is 0 Å². The Morgan fingerprint density at radius 2 is 1.67 bits per heavy atom. The summed E-state index contributed by atoms with van der Waals surface area (Å²) in [4.78, 5) is 12.4. The Morgan fingerprint density at radius 3 is 2.29 bits per heavy atom. The van der Waals surface area contributed by atoms with Gasteiger partial charge in [-0.2, -0.15) is 0 Å². The van der Waals surface area contributed by atoms with Gasteiger partial charge in [0.15, 0.2) is 6.10 Å². The molecule has 0 fully saturated rings. The summed E-state index contributed by atoms with van der Waals surface area (Å²) in [5.41, 5.74) is 2.87. The number of benzene rings is 2. The fourth-order valence-corrected chi connectivity index (χ4v) is 2.18. The van der Waals surface area contributed by atoms with Crippen LogP contribution < -0.4 is 19.5 Å². The molecule has 0 aromatic heterocycles. The van der Waals surface area contributed by atoms with E-state index in [4.69, 9.17) is 14.2 Å². The van der Waals surface area contributed by atoms with Gasteiger partial charge in [0.05, 0.1) is 19.9 Å². The summed E-state index contributed by atoms with van der Waals surface area (Å²) in [7, 11) is 3.12. The van der Waals surface area contributed by atoms with Crippen molar-refractivity contribution in [1.29, 1.82) is 0 Å². The van der Waals surface area contributed by atoms with Crippen LogP contribution in [0.5, 0.6) is 17.2 Å². The molecule has 2 rings (SSSR count). The van der Waals surface area contributed by atoms with Gasteiger partial charge in [-0.15, -0.1) is 0 Å². The number of rotatable bonds is 6. The summed E-state index contributed by atoms with van der Waals surface area (Å²) in [6.07, 6.45) is -0.640. The molecule has 128 valence electrons. The van der Waals surface area contributed by atoms with Gasteiger partial charge < -0.3 is 19.5 Å². The number of carbonyl (C=O) groups is 1. The van der Waals surface area contributed by atoms with Crippen molar-refractivity contribution in [3.8, 4) is 17.2 Å². The maximum Gasteiger partial charge on any atom is 0.265 e. The van der Waals surface area contributed by atoms with Gasteiger partial charge in [0, 0.05) is 6.07 Å². The first kappa shape index (κ1) is 17.7. The zero-order valence-electron chi connectivity index (χ0n) is 14.7. The predicted molar refractivity (Wildman–Crippen MR) is 94.2 cm³/mol. The van der Waals surface area contributed by atoms with Crippen molar-refractivity contribution in [2.24, 2.45) is 0 Å². The normalized spacial score (nSPS) is 11.5. The average Bonchev–Trinajstić information content (AvgIpc) is 2.58. The van der Waals surface area contributed by atoms with Crippen molar-refractivity contribution in [3.05, 3.63) is 47.5 Å². The lowest BCUT2D eigenvalue weighted by molar-refractivity contribution is -0.122. The molecule has 5 nitrogen and oxygen atoms in total. The van der Waals surface area contributed by atoms with Gasteiger partial charge in [-0.05, 0) is 56.2 Å². The molecule has 5 heteroatoms. The molecule has 0 aliphatic rings. The summed E-state index contributed by atoms with van der Waals surface area (Å²) in [5, 5.41) is 2.81. The number of hydrogen-bond acceptors (Lipinski definition) is 4.